The van der Waals surface area contributed by atoms with Crippen LogP contribution in [0.4, 0.5) is 0 Å². The zero-order chi connectivity index (χ0) is 16.5. The Labute approximate surface area is 141 Å². The van der Waals surface area contributed by atoms with Gasteiger partial charge in [-0.3, -0.25) is 14.4 Å². The first-order valence-corrected chi connectivity index (χ1v) is 8.66. The van der Waals surface area contributed by atoms with Gasteiger partial charge in [0.25, 0.3) is 0 Å². The van der Waals surface area contributed by atoms with Crippen molar-refractivity contribution in [2.45, 2.75) is 37.8 Å². The van der Waals surface area contributed by atoms with Gasteiger partial charge in [0.15, 0.2) is 5.82 Å². The third-order valence-corrected chi connectivity index (χ3v) is 4.88. The molecule has 2 aromatic rings. The number of carbonyl (C=O) groups excluding carboxylic acids is 1. The van der Waals surface area contributed by atoms with Gasteiger partial charge in [-0.1, -0.05) is 30.3 Å². The Morgan fingerprint density at radius 2 is 2.04 bits per heavy atom. The molecule has 1 amide bonds. The molecule has 1 N–H and O–H groups in total. The van der Waals surface area contributed by atoms with E-state index in [2.05, 4.69) is 27.4 Å². The van der Waals surface area contributed by atoms with Gasteiger partial charge in [-0.05, 0) is 18.4 Å². The van der Waals surface area contributed by atoms with Gasteiger partial charge in [-0.15, -0.1) is 0 Å². The molecule has 24 heavy (non-hydrogen) atoms. The Balaban J connectivity index is 1.59. The van der Waals surface area contributed by atoms with Crippen molar-refractivity contribution < 1.29 is 4.79 Å². The van der Waals surface area contributed by atoms with E-state index in [9.17, 15) is 4.79 Å². The lowest BCUT2D eigenvalue weighted by atomic mass is 10.0. The van der Waals surface area contributed by atoms with Gasteiger partial charge < -0.3 is 5.32 Å². The van der Waals surface area contributed by atoms with Crippen LogP contribution in [0.3, 0.4) is 0 Å². The molecule has 1 atom stereocenters. The normalized spacial score (nSPS) is 22.2. The first-order valence-electron chi connectivity index (χ1n) is 8.66. The molecule has 4 rings (SSSR count). The molecular weight excluding hydrogens is 302 g/mol. The summed E-state index contributed by atoms with van der Waals surface area (Å²) in [6, 6.07) is 10.4. The summed E-state index contributed by atoms with van der Waals surface area (Å²) in [7, 11) is 1.97. The zero-order valence-corrected chi connectivity index (χ0v) is 14.0. The van der Waals surface area contributed by atoms with Crippen LogP contribution >= 0.6 is 0 Å². The SMILES string of the molecule is Cn1nc(C2CC2)nc1CN1CCNC(=O)CC1c1ccccc1. The van der Waals surface area contributed by atoms with Crippen LogP contribution in [0.1, 0.15) is 48.4 Å². The van der Waals surface area contributed by atoms with Gasteiger partial charge in [0, 0.05) is 38.5 Å². The monoisotopic (exact) mass is 325 g/mol. The van der Waals surface area contributed by atoms with E-state index in [-0.39, 0.29) is 11.9 Å². The number of aryl methyl sites for hydroxylation is 1. The summed E-state index contributed by atoms with van der Waals surface area (Å²) >= 11 is 0. The molecule has 1 aliphatic carbocycles. The van der Waals surface area contributed by atoms with Crippen LogP contribution in [0.2, 0.25) is 0 Å². The second-order valence-electron chi connectivity index (χ2n) is 6.74. The highest BCUT2D eigenvalue weighted by Gasteiger charge is 2.30. The Hall–Kier alpha value is -2.21. The van der Waals surface area contributed by atoms with Crippen molar-refractivity contribution in [1.82, 2.24) is 25.0 Å². The number of nitrogens with one attached hydrogen (secondary N) is 1. The highest BCUT2D eigenvalue weighted by Crippen LogP contribution is 2.38. The highest BCUT2D eigenvalue weighted by atomic mass is 16.1. The molecule has 0 radical (unpaired) electrons. The number of nitrogens with zero attached hydrogens (tertiary/aromatic N) is 4. The molecule has 1 aromatic carbocycles. The van der Waals surface area contributed by atoms with Crippen molar-refractivity contribution in [2.24, 2.45) is 7.05 Å². The van der Waals surface area contributed by atoms with E-state index in [0.29, 0.717) is 25.4 Å². The Kier molecular flexibility index (Phi) is 4.06. The minimum absolute atomic E-state index is 0.0785. The lowest BCUT2D eigenvalue weighted by molar-refractivity contribution is -0.121. The molecule has 2 fully saturated rings. The molecule has 126 valence electrons. The molecule has 1 saturated carbocycles. The van der Waals surface area contributed by atoms with Crippen LogP contribution in [0.25, 0.3) is 0 Å². The van der Waals surface area contributed by atoms with Crippen LogP contribution in [-0.2, 0) is 18.4 Å². The average Bonchev–Trinajstić information content (AvgIpc) is 3.38. The molecule has 1 aromatic heterocycles. The number of rotatable bonds is 4. The van der Waals surface area contributed by atoms with Crippen molar-refractivity contribution >= 4 is 5.91 Å². The molecule has 6 nitrogen and oxygen atoms in total. The third kappa shape index (κ3) is 3.19. The molecule has 6 heteroatoms. The topological polar surface area (TPSA) is 63.1 Å². The quantitative estimate of drug-likeness (QED) is 0.930. The highest BCUT2D eigenvalue weighted by molar-refractivity contribution is 5.77. The second kappa shape index (κ2) is 6.36. The van der Waals surface area contributed by atoms with Gasteiger partial charge in [0.05, 0.1) is 6.54 Å². The molecule has 0 bridgehead atoms. The zero-order valence-electron chi connectivity index (χ0n) is 14.0. The van der Waals surface area contributed by atoms with Crippen LogP contribution in [0.15, 0.2) is 30.3 Å². The summed E-state index contributed by atoms with van der Waals surface area (Å²) in [5.74, 6) is 2.63. The molecule has 1 saturated heterocycles. The van der Waals surface area contributed by atoms with E-state index < -0.39 is 0 Å². The first kappa shape index (κ1) is 15.3. The van der Waals surface area contributed by atoms with Crippen molar-refractivity contribution in [3.05, 3.63) is 47.5 Å². The van der Waals surface area contributed by atoms with E-state index >= 15 is 0 Å². The molecular formula is C18H23N5O. The summed E-state index contributed by atoms with van der Waals surface area (Å²) in [6.07, 6.45) is 2.90. The fraction of sp³-hybridized carbons (Fsp3) is 0.500. The van der Waals surface area contributed by atoms with E-state index in [0.717, 1.165) is 18.2 Å². The number of aromatic nitrogens is 3. The van der Waals surface area contributed by atoms with Gasteiger partial charge >= 0.3 is 0 Å². The smallest absolute Gasteiger partial charge is 0.221 e. The third-order valence-electron chi connectivity index (χ3n) is 4.88. The van der Waals surface area contributed by atoms with Gasteiger partial charge in [0.1, 0.15) is 5.82 Å². The summed E-state index contributed by atoms with van der Waals surface area (Å²) in [6.45, 7) is 2.21. The van der Waals surface area contributed by atoms with Crippen molar-refractivity contribution in [3.8, 4) is 0 Å². The summed E-state index contributed by atoms with van der Waals surface area (Å²) < 4.78 is 1.90. The summed E-state index contributed by atoms with van der Waals surface area (Å²) in [5, 5.41) is 7.56. The van der Waals surface area contributed by atoms with E-state index in [1.54, 1.807) is 0 Å². The molecule has 0 spiro atoms. The lowest BCUT2D eigenvalue weighted by Gasteiger charge is -2.28. The van der Waals surface area contributed by atoms with Crippen LogP contribution in [0.5, 0.6) is 0 Å². The van der Waals surface area contributed by atoms with Crippen molar-refractivity contribution in [2.75, 3.05) is 13.1 Å². The molecule has 2 heterocycles. The standard InChI is InChI=1S/C18H23N5O/c1-22-16(20-18(21-22)14-7-8-14)12-23-10-9-19-17(24)11-15(23)13-5-3-2-4-6-13/h2-6,14-15H,7-12H2,1H3,(H,19,24). The van der Waals surface area contributed by atoms with Crippen LogP contribution in [-0.4, -0.2) is 38.7 Å². The predicted molar refractivity (Wildman–Crippen MR) is 90.2 cm³/mol. The second-order valence-corrected chi connectivity index (χ2v) is 6.74. The number of hydrogen-bond acceptors (Lipinski definition) is 4. The Morgan fingerprint density at radius 1 is 1.25 bits per heavy atom. The van der Waals surface area contributed by atoms with Crippen molar-refractivity contribution in [1.29, 1.82) is 0 Å². The van der Waals surface area contributed by atoms with E-state index in [1.807, 2.05) is 29.9 Å². The Morgan fingerprint density at radius 3 is 2.79 bits per heavy atom. The fourth-order valence-electron chi connectivity index (χ4n) is 3.34. The van der Waals surface area contributed by atoms with Crippen LogP contribution < -0.4 is 5.32 Å². The van der Waals surface area contributed by atoms with Gasteiger partial charge in [-0.2, -0.15) is 5.10 Å². The molecule has 2 aliphatic rings. The van der Waals surface area contributed by atoms with Gasteiger partial charge in [-0.25, -0.2) is 4.98 Å². The maximum atomic E-state index is 12.1. The predicted octanol–water partition coefficient (Wildman–Crippen LogP) is 1.76. The summed E-state index contributed by atoms with van der Waals surface area (Å²) in [5.41, 5.74) is 1.18. The fourth-order valence-corrected chi connectivity index (χ4v) is 3.34. The van der Waals surface area contributed by atoms with Crippen LogP contribution in [0, 0.1) is 0 Å². The number of benzene rings is 1. The van der Waals surface area contributed by atoms with E-state index in [4.69, 9.17) is 4.98 Å². The number of hydrogen-bond donors (Lipinski definition) is 1. The maximum Gasteiger partial charge on any atom is 0.221 e. The largest absolute Gasteiger partial charge is 0.355 e. The average molecular weight is 325 g/mol. The molecule has 1 aliphatic heterocycles. The van der Waals surface area contributed by atoms with E-state index in [1.165, 1.54) is 18.4 Å². The Bertz CT molecular complexity index is 722. The molecule has 1 unspecified atom stereocenters. The van der Waals surface area contributed by atoms with Gasteiger partial charge in [0.2, 0.25) is 5.91 Å². The lowest BCUT2D eigenvalue weighted by Crippen LogP contribution is -2.31. The minimum Gasteiger partial charge on any atom is -0.355 e. The number of amides is 1. The minimum atomic E-state index is 0.0785. The number of carbonyl (C=O) groups is 1. The maximum absolute atomic E-state index is 12.1. The summed E-state index contributed by atoms with van der Waals surface area (Å²) in [4.78, 5) is 19.2. The van der Waals surface area contributed by atoms with Crippen molar-refractivity contribution in [3.63, 3.8) is 0 Å². The first-order chi connectivity index (χ1) is 11.7.